The van der Waals surface area contributed by atoms with Crippen molar-refractivity contribution in [3.05, 3.63) is 23.9 Å². The van der Waals surface area contributed by atoms with Gasteiger partial charge in [0.1, 0.15) is 11.3 Å². The minimum absolute atomic E-state index is 0.00360. The van der Waals surface area contributed by atoms with Crippen LogP contribution in [0.2, 0.25) is 0 Å². The Kier molecular flexibility index (Phi) is 6.06. The summed E-state index contributed by atoms with van der Waals surface area (Å²) in [4.78, 5) is 44.5. The number of hydrogen-bond donors (Lipinski definition) is 0. The summed E-state index contributed by atoms with van der Waals surface area (Å²) in [5.74, 6) is -0.609. The van der Waals surface area contributed by atoms with Gasteiger partial charge in [0.05, 0.1) is 6.42 Å². The van der Waals surface area contributed by atoms with E-state index in [0.717, 1.165) is 0 Å². The van der Waals surface area contributed by atoms with Crippen LogP contribution < -0.4 is 5.06 Å². The largest absolute Gasteiger partial charge is 0.450 e. The molecule has 1 rings (SSSR count). The number of rotatable bonds is 3. The fourth-order valence-corrected chi connectivity index (χ4v) is 1.67. The molecule has 24 heavy (non-hydrogen) atoms. The monoisotopic (exact) mass is 336 g/mol. The van der Waals surface area contributed by atoms with Crippen LogP contribution in [-0.2, 0) is 14.4 Å². The first-order chi connectivity index (χ1) is 10.9. The highest BCUT2D eigenvalue weighted by molar-refractivity contribution is 5.88. The molecule has 0 aliphatic heterocycles. The molecule has 0 spiro atoms. The minimum atomic E-state index is -0.889. The summed E-state index contributed by atoms with van der Waals surface area (Å²) in [5, 5.41) is 0.673. The number of hydroxylamine groups is 1. The number of carbonyl (C=O) groups is 3. The molecule has 1 heterocycles. The standard InChI is InChI=1S/C17H24N2O5/c1-16(2,3)10-14(21)24-19(15(22)23-17(4,5)6)13-9-7-8-12(11-20)18-13/h7-9,11H,10H2,1-6H3. The lowest BCUT2D eigenvalue weighted by molar-refractivity contribution is -0.147. The van der Waals surface area contributed by atoms with E-state index >= 15 is 0 Å². The third-order valence-corrected chi connectivity index (χ3v) is 2.51. The molecule has 0 aromatic carbocycles. The number of ether oxygens (including phenoxy) is 1. The van der Waals surface area contributed by atoms with Gasteiger partial charge in [-0.15, -0.1) is 0 Å². The number of pyridine rings is 1. The van der Waals surface area contributed by atoms with Gasteiger partial charge in [0.25, 0.3) is 0 Å². The van der Waals surface area contributed by atoms with Crippen molar-refractivity contribution in [3.63, 3.8) is 0 Å². The number of aldehydes is 1. The summed E-state index contributed by atoms with van der Waals surface area (Å²) in [7, 11) is 0. The number of amides is 1. The van der Waals surface area contributed by atoms with Crippen LogP contribution in [0.1, 0.15) is 58.5 Å². The molecule has 0 aliphatic carbocycles. The number of nitrogens with zero attached hydrogens (tertiary/aromatic N) is 2. The maximum atomic E-state index is 12.4. The molecule has 0 unspecified atom stereocenters. The molecule has 1 amide bonds. The van der Waals surface area contributed by atoms with E-state index in [0.29, 0.717) is 11.3 Å². The molecule has 0 fully saturated rings. The van der Waals surface area contributed by atoms with Crippen LogP contribution in [0.4, 0.5) is 10.6 Å². The second kappa shape index (κ2) is 7.42. The van der Waals surface area contributed by atoms with E-state index in [1.54, 1.807) is 20.8 Å². The van der Waals surface area contributed by atoms with Crippen molar-refractivity contribution in [3.8, 4) is 0 Å². The summed E-state index contributed by atoms with van der Waals surface area (Å²) >= 11 is 0. The van der Waals surface area contributed by atoms with Crippen molar-refractivity contribution >= 4 is 24.2 Å². The molecule has 7 nitrogen and oxygen atoms in total. The van der Waals surface area contributed by atoms with Gasteiger partial charge >= 0.3 is 12.1 Å². The van der Waals surface area contributed by atoms with Crippen molar-refractivity contribution < 1.29 is 24.0 Å². The average Bonchev–Trinajstić information content (AvgIpc) is 2.41. The second-order valence-electron chi connectivity index (χ2n) is 7.51. The summed E-state index contributed by atoms with van der Waals surface area (Å²) in [5.41, 5.74) is -0.990. The minimum Gasteiger partial charge on any atom is -0.441 e. The molecule has 1 aromatic rings. The second-order valence-corrected chi connectivity index (χ2v) is 7.51. The van der Waals surface area contributed by atoms with Crippen molar-refractivity contribution in [2.45, 2.75) is 53.6 Å². The maximum absolute atomic E-state index is 12.4. The Bertz CT molecular complexity index is 614. The Hall–Kier alpha value is -2.44. The highest BCUT2D eigenvalue weighted by Crippen LogP contribution is 2.22. The molecule has 1 aromatic heterocycles. The van der Waals surface area contributed by atoms with Crippen LogP contribution in [0.3, 0.4) is 0 Å². The summed E-state index contributed by atoms with van der Waals surface area (Å²) in [6.45, 7) is 10.7. The first-order valence-electron chi connectivity index (χ1n) is 7.57. The fraction of sp³-hybridized carbons (Fsp3) is 0.529. The van der Waals surface area contributed by atoms with Crippen LogP contribution in [0.15, 0.2) is 18.2 Å². The third-order valence-electron chi connectivity index (χ3n) is 2.51. The molecule has 7 heteroatoms. The Labute approximate surface area is 141 Å². The summed E-state index contributed by atoms with van der Waals surface area (Å²) in [6, 6.07) is 4.45. The highest BCUT2D eigenvalue weighted by atomic mass is 16.8. The molecule has 0 saturated heterocycles. The number of aromatic nitrogens is 1. The zero-order valence-corrected chi connectivity index (χ0v) is 15.0. The number of carbonyl (C=O) groups excluding carboxylic acids is 3. The van der Waals surface area contributed by atoms with Crippen molar-refractivity contribution in [2.75, 3.05) is 5.06 Å². The predicted octanol–water partition coefficient (Wildman–Crippen LogP) is 3.53. The van der Waals surface area contributed by atoms with Crippen molar-refractivity contribution in [1.29, 1.82) is 0 Å². The van der Waals surface area contributed by atoms with E-state index in [9.17, 15) is 14.4 Å². The quantitative estimate of drug-likeness (QED) is 0.620. The molecule has 0 saturated carbocycles. The van der Waals surface area contributed by atoms with Gasteiger partial charge in [0.15, 0.2) is 12.1 Å². The number of hydrogen-bond acceptors (Lipinski definition) is 6. The van der Waals surface area contributed by atoms with E-state index < -0.39 is 17.7 Å². The van der Waals surface area contributed by atoms with Crippen LogP contribution in [0.5, 0.6) is 0 Å². The summed E-state index contributed by atoms with van der Waals surface area (Å²) < 4.78 is 5.24. The molecule has 0 atom stereocenters. The fourth-order valence-electron chi connectivity index (χ4n) is 1.67. The molecule has 0 aliphatic rings. The Morgan fingerprint density at radius 2 is 1.79 bits per heavy atom. The lowest BCUT2D eigenvalue weighted by Gasteiger charge is -2.26. The zero-order chi connectivity index (χ0) is 18.5. The number of anilines is 1. The van der Waals surface area contributed by atoms with Gasteiger partial charge in [-0.25, -0.2) is 14.6 Å². The van der Waals surface area contributed by atoms with Crippen LogP contribution in [0.25, 0.3) is 0 Å². The van der Waals surface area contributed by atoms with E-state index in [1.165, 1.54) is 18.2 Å². The van der Waals surface area contributed by atoms with Crippen LogP contribution >= 0.6 is 0 Å². The van der Waals surface area contributed by atoms with Gasteiger partial charge in [-0.1, -0.05) is 31.9 Å². The SMILES string of the molecule is CC(C)(C)CC(=O)ON(C(=O)OC(C)(C)C)c1cccc(C=O)n1. The van der Waals surface area contributed by atoms with Crippen molar-refractivity contribution in [2.24, 2.45) is 5.41 Å². The average molecular weight is 336 g/mol. The molecule has 0 bridgehead atoms. The predicted molar refractivity (Wildman–Crippen MR) is 88.5 cm³/mol. The van der Waals surface area contributed by atoms with Crippen molar-refractivity contribution in [1.82, 2.24) is 4.98 Å². The molecule has 0 N–H and O–H groups in total. The van der Waals surface area contributed by atoms with Crippen LogP contribution in [-0.4, -0.2) is 28.9 Å². The van der Waals surface area contributed by atoms with Gasteiger partial charge in [-0.2, -0.15) is 0 Å². The molecule has 132 valence electrons. The van der Waals surface area contributed by atoms with Gasteiger partial charge in [0, 0.05) is 0 Å². The Morgan fingerprint density at radius 3 is 2.29 bits per heavy atom. The zero-order valence-electron chi connectivity index (χ0n) is 15.0. The Morgan fingerprint density at radius 1 is 1.17 bits per heavy atom. The van der Waals surface area contributed by atoms with Gasteiger partial charge in [-0.3, -0.25) is 4.79 Å². The van der Waals surface area contributed by atoms with Gasteiger partial charge in [-0.05, 0) is 38.3 Å². The lowest BCUT2D eigenvalue weighted by Crippen LogP contribution is -2.39. The lowest BCUT2D eigenvalue weighted by atomic mass is 9.93. The van der Waals surface area contributed by atoms with E-state index in [2.05, 4.69) is 4.98 Å². The first-order valence-corrected chi connectivity index (χ1v) is 7.57. The highest BCUT2D eigenvalue weighted by Gasteiger charge is 2.29. The maximum Gasteiger partial charge on any atom is 0.450 e. The van der Waals surface area contributed by atoms with E-state index in [-0.39, 0.29) is 23.3 Å². The Balaban J connectivity index is 3.09. The normalized spacial score (nSPS) is 11.6. The topological polar surface area (TPSA) is 85.8 Å². The smallest absolute Gasteiger partial charge is 0.441 e. The molecular weight excluding hydrogens is 312 g/mol. The molecular formula is C17H24N2O5. The molecule has 0 radical (unpaired) electrons. The van der Waals surface area contributed by atoms with E-state index in [4.69, 9.17) is 9.57 Å². The van der Waals surface area contributed by atoms with Crippen LogP contribution in [0, 0.1) is 5.41 Å². The first kappa shape index (κ1) is 19.6. The summed E-state index contributed by atoms with van der Waals surface area (Å²) in [6.07, 6.45) is -0.256. The third kappa shape index (κ3) is 6.76. The van der Waals surface area contributed by atoms with E-state index in [1.807, 2.05) is 20.8 Å². The van der Waals surface area contributed by atoms with Gasteiger partial charge < -0.3 is 9.57 Å². The van der Waals surface area contributed by atoms with Gasteiger partial charge in [0.2, 0.25) is 0 Å².